The van der Waals surface area contributed by atoms with E-state index in [2.05, 4.69) is 140 Å². The normalized spacial score (nSPS) is 11.5. The number of pyridine rings is 1. The molecule has 0 radical (unpaired) electrons. The molecule has 0 atom stereocenters. The molecular formula is C57H33N5S. The number of hydrogen-bond donors (Lipinski definition) is 0. The highest BCUT2D eigenvalue weighted by Crippen LogP contribution is 2.42. The standard InChI is InChI=1S/C57H33N5S/c58-34-35-19-21-36(22-20-35)37-23-25-38(26-24-37)48-32-51-47-17-9-29-59-54(47)49(33-50(51)44-15-5-4-14-43(44)48)40-12-8-13-41(30-40)56-60-55(39-10-2-1-3-11-39)61-57(62-56)42-27-28-46-45-16-6-7-18-52(45)63-53(46)31-42/h1-33H. The zero-order valence-corrected chi connectivity index (χ0v) is 34.5. The third kappa shape index (κ3) is 6.39. The van der Waals surface area contributed by atoms with Gasteiger partial charge in [0.25, 0.3) is 0 Å². The van der Waals surface area contributed by atoms with E-state index < -0.39 is 0 Å². The summed E-state index contributed by atoms with van der Waals surface area (Å²) in [6.07, 6.45) is 1.88. The summed E-state index contributed by atoms with van der Waals surface area (Å²) in [5.74, 6) is 1.87. The molecule has 292 valence electrons. The maximum atomic E-state index is 9.28. The maximum Gasteiger partial charge on any atom is 0.164 e. The van der Waals surface area contributed by atoms with Gasteiger partial charge in [0, 0.05) is 54.0 Å². The Balaban J connectivity index is 0.993. The summed E-state index contributed by atoms with van der Waals surface area (Å²) in [6.45, 7) is 0. The van der Waals surface area contributed by atoms with Gasteiger partial charge in [0.2, 0.25) is 0 Å². The molecule has 3 aromatic heterocycles. The summed E-state index contributed by atoms with van der Waals surface area (Å²) in [5.41, 5.74) is 10.9. The Morgan fingerprint density at radius 2 is 0.905 bits per heavy atom. The van der Waals surface area contributed by atoms with Crippen molar-refractivity contribution < 1.29 is 0 Å². The Labute approximate surface area is 366 Å². The summed E-state index contributed by atoms with van der Waals surface area (Å²) in [6, 6.07) is 69.9. The Kier molecular flexibility index (Phi) is 8.67. The van der Waals surface area contributed by atoms with E-state index in [0.717, 1.165) is 71.7 Å². The highest BCUT2D eigenvalue weighted by atomic mass is 32.1. The van der Waals surface area contributed by atoms with Gasteiger partial charge in [-0.3, -0.25) is 4.98 Å². The van der Waals surface area contributed by atoms with Crippen molar-refractivity contribution in [2.45, 2.75) is 0 Å². The number of nitrogens with zero attached hydrogens (tertiary/aromatic N) is 5. The summed E-state index contributed by atoms with van der Waals surface area (Å²) < 4.78 is 2.46. The van der Waals surface area contributed by atoms with Gasteiger partial charge in [-0.25, -0.2) is 15.0 Å². The third-order valence-electron chi connectivity index (χ3n) is 12.0. The minimum absolute atomic E-state index is 0.607. The lowest BCUT2D eigenvalue weighted by molar-refractivity contribution is 1.07. The van der Waals surface area contributed by atoms with Crippen LogP contribution in [0.15, 0.2) is 200 Å². The van der Waals surface area contributed by atoms with E-state index in [1.807, 2.05) is 66.9 Å². The Hall–Kier alpha value is -8.37. The van der Waals surface area contributed by atoms with Crippen LogP contribution in [0.1, 0.15) is 5.56 Å². The van der Waals surface area contributed by atoms with Crippen LogP contribution < -0.4 is 0 Å². The number of benzene rings is 9. The lowest BCUT2D eigenvalue weighted by atomic mass is 9.88. The van der Waals surface area contributed by atoms with Gasteiger partial charge in [0.1, 0.15) is 0 Å². The molecule has 12 aromatic rings. The van der Waals surface area contributed by atoms with Crippen LogP contribution in [0.25, 0.3) is 120 Å². The van der Waals surface area contributed by atoms with Crippen LogP contribution in [0.3, 0.4) is 0 Å². The van der Waals surface area contributed by atoms with Crippen molar-refractivity contribution in [3.8, 4) is 73.6 Å². The van der Waals surface area contributed by atoms with Gasteiger partial charge in [-0.15, -0.1) is 11.3 Å². The molecule has 0 saturated heterocycles. The van der Waals surface area contributed by atoms with E-state index >= 15 is 0 Å². The molecule has 63 heavy (non-hydrogen) atoms. The largest absolute Gasteiger partial charge is 0.256 e. The minimum atomic E-state index is 0.607. The average molecular weight is 820 g/mol. The Morgan fingerprint density at radius 1 is 0.349 bits per heavy atom. The molecule has 9 aromatic carbocycles. The van der Waals surface area contributed by atoms with Crippen LogP contribution in [0.4, 0.5) is 0 Å². The summed E-state index contributed by atoms with van der Waals surface area (Å²) in [5, 5.41) is 17.5. The molecule has 12 rings (SSSR count). The molecule has 0 N–H and O–H groups in total. The van der Waals surface area contributed by atoms with Crippen LogP contribution in [-0.2, 0) is 0 Å². The van der Waals surface area contributed by atoms with Crippen molar-refractivity contribution in [1.29, 1.82) is 5.26 Å². The maximum absolute atomic E-state index is 9.28. The number of thiophene rings is 1. The molecule has 0 bridgehead atoms. The van der Waals surface area contributed by atoms with Gasteiger partial charge in [0.15, 0.2) is 17.5 Å². The molecule has 0 spiro atoms. The smallest absolute Gasteiger partial charge is 0.164 e. The van der Waals surface area contributed by atoms with Crippen LogP contribution in [0.5, 0.6) is 0 Å². The molecular weight excluding hydrogens is 787 g/mol. The first-order valence-corrected chi connectivity index (χ1v) is 21.6. The quantitative estimate of drug-likeness (QED) is 0.156. The van der Waals surface area contributed by atoms with Gasteiger partial charge in [-0.2, -0.15) is 5.26 Å². The second kappa shape index (κ2) is 15.0. The lowest BCUT2D eigenvalue weighted by Gasteiger charge is -2.16. The predicted molar refractivity (Wildman–Crippen MR) is 260 cm³/mol. The highest BCUT2D eigenvalue weighted by Gasteiger charge is 2.18. The predicted octanol–water partition coefficient (Wildman–Crippen LogP) is 15.0. The second-order valence-corrected chi connectivity index (χ2v) is 16.8. The van der Waals surface area contributed by atoms with Crippen molar-refractivity contribution >= 4 is 64.0 Å². The number of aromatic nitrogens is 4. The second-order valence-electron chi connectivity index (χ2n) is 15.7. The molecule has 0 fully saturated rings. The van der Waals surface area contributed by atoms with Gasteiger partial charge < -0.3 is 0 Å². The fourth-order valence-corrected chi connectivity index (χ4v) is 10.1. The highest BCUT2D eigenvalue weighted by molar-refractivity contribution is 7.25. The molecule has 5 nitrogen and oxygen atoms in total. The zero-order chi connectivity index (χ0) is 41.9. The minimum Gasteiger partial charge on any atom is -0.256 e. The van der Waals surface area contributed by atoms with Gasteiger partial charge in [0.05, 0.1) is 17.1 Å². The lowest BCUT2D eigenvalue weighted by Crippen LogP contribution is -2.00. The molecule has 0 aliphatic heterocycles. The first-order valence-electron chi connectivity index (χ1n) is 20.8. The van der Waals surface area contributed by atoms with Gasteiger partial charge in [-0.1, -0.05) is 146 Å². The van der Waals surface area contributed by atoms with Gasteiger partial charge in [-0.05, 0) is 97.9 Å². The summed E-state index contributed by atoms with van der Waals surface area (Å²) in [7, 11) is 0. The van der Waals surface area contributed by atoms with Crippen LogP contribution in [0.2, 0.25) is 0 Å². The zero-order valence-electron chi connectivity index (χ0n) is 33.7. The number of fused-ring (bicyclic) bond motifs is 8. The van der Waals surface area contributed by atoms with Crippen molar-refractivity contribution in [1.82, 2.24) is 19.9 Å². The van der Waals surface area contributed by atoms with Crippen LogP contribution in [-0.4, -0.2) is 19.9 Å². The molecule has 0 aliphatic carbocycles. The fraction of sp³-hybridized carbons (Fsp3) is 0. The van der Waals surface area contributed by atoms with Crippen LogP contribution >= 0.6 is 11.3 Å². The first kappa shape index (κ1) is 36.5. The van der Waals surface area contributed by atoms with Crippen molar-refractivity contribution in [3.63, 3.8) is 0 Å². The molecule has 3 heterocycles. The molecule has 0 amide bonds. The summed E-state index contributed by atoms with van der Waals surface area (Å²) in [4.78, 5) is 20.4. The first-order chi connectivity index (χ1) is 31.1. The molecule has 0 aliphatic rings. The van der Waals surface area contributed by atoms with Crippen LogP contribution in [0, 0.1) is 11.3 Å². The number of nitriles is 1. The van der Waals surface area contributed by atoms with Crippen molar-refractivity contribution in [3.05, 3.63) is 206 Å². The molecule has 0 saturated carbocycles. The van der Waals surface area contributed by atoms with E-state index in [9.17, 15) is 5.26 Å². The van der Waals surface area contributed by atoms with E-state index in [0.29, 0.717) is 23.0 Å². The van der Waals surface area contributed by atoms with Gasteiger partial charge >= 0.3 is 0 Å². The Bertz CT molecular complexity index is 3790. The monoisotopic (exact) mass is 819 g/mol. The average Bonchev–Trinajstić information content (AvgIpc) is 3.74. The third-order valence-corrected chi connectivity index (χ3v) is 13.1. The molecule has 0 unspecified atom stereocenters. The SMILES string of the molecule is N#Cc1ccc(-c2ccc(-c3cc4c5cccnc5c(-c5cccc(-c6nc(-c7ccccc7)nc(-c7ccc8c(c7)sc7ccccc78)n6)c5)cc4c4ccccc34)cc2)cc1. The number of hydrogen-bond acceptors (Lipinski definition) is 6. The van der Waals surface area contributed by atoms with Crippen molar-refractivity contribution in [2.24, 2.45) is 0 Å². The topological polar surface area (TPSA) is 75.3 Å². The van der Waals surface area contributed by atoms with Crippen molar-refractivity contribution in [2.75, 3.05) is 0 Å². The summed E-state index contributed by atoms with van der Waals surface area (Å²) >= 11 is 1.79. The molecule has 6 heteroatoms. The van der Waals surface area contributed by atoms with E-state index in [4.69, 9.17) is 19.9 Å². The van der Waals surface area contributed by atoms with E-state index in [-0.39, 0.29) is 0 Å². The fourth-order valence-electron chi connectivity index (χ4n) is 8.91. The number of rotatable bonds is 6. The van der Waals surface area contributed by atoms with E-state index in [1.165, 1.54) is 30.9 Å². The Morgan fingerprint density at radius 3 is 1.68 bits per heavy atom. The van der Waals surface area contributed by atoms with E-state index in [1.54, 1.807) is 11.3 Å².